The van der Waals surface area contributed by atoms with Gasteiger partial charge in [0.25, 0.3) is 0 Å². The van der Waals surface area contributed by atoms with E-state index in [1.54, 1.807) is 12.4 Å². The number of anilines is 1. The number of aryl methyl sites for hydroxylation is 2. The molecule has 5 heteroatoms. The fraction of sp³-hybridized carbons (Fsp3) is 0.286. The molecular weight excluding hydrogens is 242 g/mol. The van der Waals surface area contributed by atoms with Crippen LogP contribution in [0.5, 0.6) is 5.75 Å². The normalized spacial score (nSPS) is 10.2. The number of carbonyl (C=O) groups excluding carboxylic acids is 1. The fourth-order valence-electron chi connectivity index (χ4n) is 1.74. The van der Waals surface area contributed by atoms with Crippen LogP contribution in [-0.4, -0.2) is 22.5 Å². The van der Waals surface area contributed by atoms with Gasteiger partial charge in [-0.15, -0.1) is 0 Å². The number of nitrogens with zero attached hydrogens (tertiary/aromatic N) is 1. The van der Waals surface area contributed by atoms with Crippen molar-refractivity contribution in [1.29, 1.82) is 0 Å². The second kappa shape index (κ2) is 6.04. The number of aromatic nitrogens is 2. The van der Waals surface area contributed by atoms with Crippen LogP contribution in [0.2, 0.25) is 0 Å². The first-order chi connectivity index (χ1) is 9.15. The SMILES string of the molecule is Cc1ccc(OCCC(=O)Nc2ncc[nH]2)c(C)c1. The highest BCUT2D eigenvalue weighted by Gasteiger charge is 2.05. The molecule has 1 aromatic carbocycles. The Morgan fingerprint density at radius 2 is 2.26 bits per heavy atom. The minimum atomic E-state index is -0.125. The van der Waals surface area contributed by atoms with Crippen molar-refractivity contribution >= 4 is 11.9 Å². The van der Waals surface area contributed by atoms with E-state index >= 15 is 0 Å². The monoisotopic (exact) mass is 259 g/mol. The largest absolute Gasteiger partial charge is 0.493 e. The maximum atomic E-state index is 11.6. The van der Waals surface area contributed by atoms with E-state index in [4.69, 9.17) is 4.74 Å². The van der Waals surface area contributed by atoms with Crippen molar-refractivity contribution in [2.24, 2.45) is 0 Å². The third-order valence-electron chi connectivity index (χ3n) is 2.67. The van der Waals surface area contributed by atoms with Crippen LogP contribution in [0.4, 0.5) is 5.95 Å². The number of rotatable bonds is 5. The van der Waals surface area contributed by atoms with Crippen molar-refractivity contribution in [3.63, 3.8) is 0 Å². The Morgan fingerprint density at radius 1 is 1.42 bits per heavy atom. The molecule has 0 atom stereocenters. The molecule has 2 rings (SSSR count). The molecule has 100 valence electrons. The number of benzene rings is 1. The van der Waals surface area contributed by atoms with Crippen LogP contribution in [0, 0.1) is 13.8 Å². The third-order valence-corrected chi connectivity index (χ3v) is 2.67. The van der Waals surface area contributed by atoms with Crippen molar-refractivity contribution in [2.45, 2.75) is 20.3 Å². The van der Waals surface area contributed by atoms with Gasteiger partial charge in [-0.05, 0) is 25.5 Å². The van der Waals surface area contributed by atoms with Gasteiger partial charge in [0.2, 0.25) is 11.9 Å². The summed E-state index contributed by atoms with van der Waals surface area (Å²) in [5, 5.41) is 2.65. The standard InChI is InChI=1S/C14H17N3O2/c1-10-3-4-12(11(2)9-10)19-8-5-13(18)17-14-15-6-7-16-14/h3-4,6-7,9H,5,8H2,1-2H3,(H2,15,16,17,18). The highest BCUT2D eigenvalue weighted by atomic mass is 16.5. The number of imidazole rings is 1. The maximum absolute atomic E-state index is 11.6. The molecule has 0 aliphatic heterocycles. The third kappa shape index (κ3) is 3.84. The average molecular weight is 259 g/mol. The summed E-state index contributed by atoms with van der Waals surface area (Å²) in [6, 6.07) is 5.97. The van der Waals surface area contributed by atoms with E-state index in [9.17, 15) is 4.79 Å². The van der Waals surface area contributed by atoms with Crippen LogP contribution >= 0.6 is 0 Å². The Kier molecular flexibility index (Phi) is 4.18. The molecule has 0 aliphatic rings. The van der Waals surface area contributed by atoms with Gasteiger partial charge in [-0.25, -0.2) is 4.98 Å². The fourth-order valence-corrected chi connectivity index (χ4v) is 1.74. The smallest absolute Gasteiger partial charge is 0.230 e. The van der Waals surface area contributed by atoms with Crippen LogP contribution in [0.25, 0.3) is 0 Å². The van der Waals surface area contributed by atoms with Crippen molar-refractivity contribution in [2.75, 3.05) is 11.9 Å². The summed E-state index contributed by atoms with van der Waals surface area (Å²) in [5.41, 5.74) is 2.27. The topological polar surface area (TPSA) is 67.0 Å². The molecule has 1 heterocycles. The second-order valence-corrected chi connectivity index (χ2v) is 4.35. The summed E-state index contributed by atoms with van der Waals surface area (Å²) < 4.78 is 5.59. The number of hydrogen-bond acceptors (Lipinski definition) is 3. The molecule has 2 aromatic rings. The number of aromatic amines is 1. The van der Waals surface area contributed by atoms with Crippen molar-refractivity contribution in [1.82, 2.24) is 9.97 Å². The predicted molar refractivity (Wildman–Crippen MR) is 73.2 cm³/mol. The lowest BCUT2D eigenvalue weighted by Crippen LogP contribution is -2.16. The minimum Gasteiger partial charge on any atom is -0.493 e. The van der Waals surface area contributed by atoms with Gasteiger partial charge in [-0.3, -0.25) is 10.1 Å². The molecular formula is C14H17N3O2. The van der Waals surface area contributed by atoms with Gasteiger partial charge in [0.1, 0.15) is 5.75 Å². The minimum absolute atomic E-state index is 0.125. The van der Waals surface area contributed by atoms with Crippen LogP contribution in [0.1, 0.15) is 17.5 Å². The summed E-state index contributed by atoms with van der Waals surface area (Å²) in [6.45, 7) is 4.37. The van der Waals surface area contributed by atoms with Gasteiger partial charge in [0.15, 0.2) is 0 Å². The summed E-state index contributed by atoms with van der Waals surface area (Å²) in [7, 11) is 0. The Labute approximate surface area is 112 Å². The highest BCUT2D eigenvalue weighted by molar-refractivity contribution is 5.88. The highest BCUT2D eigenvalue weighted by Crippen LogP contribution is 2.18. The van der Waals surface area contributed by atoms with E-state index in [-0.39, 0.29) is 12.3 Å². The number of nitrogens with one attached hydrogen (secondary N) is 2. The Bertz CT molecular complexity index is 550. The Hall–Kier alpha value is -2.30. The second-order valence-electron chi connectivity index (χ2n) is 4.35. The van der Waals surface area contributed by atoms with E-state index in [2.05, 4.69) is 21.4 Å². The summed E-state index contributed by atoms with van der Waals surface area (Å²) in [4.78, 5) is 18.3. The molecule has 0 saturated carbocycles. The van der Waals surface area contributed by atoms with E-state index in [1.807, 2.05) is 26.0 Å². The molecule has 0 saturated heterocycles. The quantitative estimate of drug-likeness (QED) is 0.866. The first-order valence-electron chi connectivity index (χ1n) is 6.14. The van der Waals surface area contributed by atoms with Gasteiger partial charge in [-0.1, -0.05) is 17.7 Å². The molecule has 0 bridgehead atoms. The summed E-state index contributed by atoms with van der Waals surface area (Å²) in [5.74, 6) is 1.15. The van der Waals surface area contributed by atoms with Gasteiger partial charge in [0.05, 0.1) is 13.0 Å². The number of carbonyl (C=O) groups is 1. The van der Waals surface area contributed by atoms with Crippen molar-refractivity contribution in [3.05, 3.63) is 41.7 Å². The van der Waals surface area contributed by atoms with E-state index in [0.717, 1.165) is 11.3 Å². The van der Waals surface area contributed by atoms with E-state index < -0.39 is 0 Å². The van der Waals surface area contributed by atoms with E-state index in [1.165, 1.54) is 5.56 Å². The zero-order valence-electron chi connectivity index (χ0n) is 11.1. The van der Waals surface area contributed by atoms with Gasteiger partial charge < -0.3 is 9.72 Å². The summed E-state index contributed by atoms with van der Waals surface area (Å²) >= 11 is 0. The average Bonchev–Trinajstić information content (AvgIpc) is 2.84. The maximum Gasteiger partial charge on any atom is 0.230 e. The number of ether oxygens (including phenoxy) is 1. The van der Waals surface area contributed by atoms with Crippen LogP contribution < -0.4 is 10.1 Å². The molecule has 0 fully saturated rings. The molecule has 5 nitrogen and oxygen atoms in total. The molecule has 0 aliphatic carbocycles. The van der Waals surface area contributed by atoms with Crippen LogP contribution in [0.3, 0.4) is 0 Å². The molecule has 1 aromatic heterocycles. The van der Waals surface area contributed by atoms with Gasteiger partial charge in [0, 0.05) is 12.4 Å². The molecule has 19 heavy (non-hydrogen) atoms. The first-order valence-corrected chi connectivity index (χ1v) is 6.14. The van der Waals surface area contributed by atoms with Gasteiger partial charge >= 0.3 is 0 Å². The molecule has 1 amide bonds. The number of H-pyrrole nitrogens is 1. The zero-order valence-corrected chi connectivity index (χ0v) is 11.1. The lowest BCUT2D eigenvalue weighted by molar-refractivity contribution is -0.116. The zero-order chi connectivity index (χ0) is 13.7. The first kappa shape index (κ1) is 13.1. The Balaban J connectivity index is 1.78. The van der Waals surface area contributed by atoms with Gasteiger partial charge in [-0.2, -0.15) is 0 Å². The Morgan fingerprint density at radius 3 is 2.95 bits per heavy atom. The lowest BCUT2D eigenvalue weighted by Gasteiger charge is -2.09. The molecule has 0 unspecified atom stereocenters. The molecule has 0 radical (unpaired) electrons. The van der Waals surface area contributed by atoms with Crippen molar-refractivity contribution in [3.8, 4) is 5.75 Å². The number of amides is 1. The summed E-state index contributed by atoms with van der Waals surface area (Å²) in [6.07, 6.45) is 3.53. The molecule has 0 spiro atoms. The number of hydrogen-bond donors (Lipinski definition) is 2. The van der Waals surface area contributed by atoms with Crippen LogP contribution in [0.15, 0.2) is 30.6 Å². The van der Waals surface area contributed by atoms with Crippen molar-refractivity contribution < 1.29 is 9.53 Å². The predicted octanol–water partition coefficient (Wildman–Crippen LogP) is 2.43. The van der Waals surface area contributed by atoms with Crippen LogP contribution in [-0.2, 0) is 4.79 Å². The van der Waals surface area contributed by atoms with E-state index in [0.29, 0.717) is 12.6 Å². The molecule has 2 N–H and O–H groups in total. The lowest BCUT2D eigenvalue weighted by atomic mass is 10.1.